The zero-order valence-corrected chi connectivity index (χ0v) is 33.4. The van der Waals surface area contributed by atoms with Crippen molar-refractivity contribution in [1.82, 2.24) is 7.94 Å². The van der Waals surface area contributed by atoms with Crippen molar-refractivity contribution in [2.75, 3.05) is 0 Å². The molecular formula is C42H44N2O10S2. The van der Waals surface area contributed by atoms with Gasteiger partial charge >= 0.3 is 26.6 Å². The van der Waals surface area contributed by atoms with Crippen molar-refractivity contribution < 1.29 is 45.4 Å². The molecule has 3 N–H and O–H groups in total. The molecule has 0 amide bonds. The minimum atomic E-state index is -4.74. The van der Waals surface area contributed by atoms with Crippen LogP contribution in [0.3, 0.4) is 0 Å². The van der Waals surface area contributed by atoms with E-state index in [2.05, 4.69) is 0 Å². The molecule has 0 spiro atoms. The molecule has 1 saturated carbocycles. The molecule has 0 bridgehead atoms. The van der Waals surface area contributed by atoms with Crippen LogP contribution >= 0.6 is 0 Å². The molecule has 7 rings (SSSR count). The first-order valence-electron chi connectivity index (χ1n) is 18.6. The number of ketones is 2. The number of unbranched alkanes of at least 4 members (excludes halogenated alkanes) is 2. The Labute approximate surface area is 324 Å². The van der Waals surface area contributed by atoms with Gasteiger partial charge in [-0.2, -0.15) is 16.8 Å². The fourth-order valence-electron chi connectivity index (χ4n) is 8.99. The number of allylic oxidation sites excluding steroid dienone is 4. The Morgan fingerprint density at radius 3 is 1.55 bits per heavy atom. The first-order chi connectivity index (χ1) is 26.2. The Kier molecular flexibility index (Phi) is 9.59. The number of benzene rings is 2. The van der Waals surface area contributed by atoms with E-state index in [1.165, 1.54) is 0 Å². The van der Waals surface area contributed by atoms with Crippen LogP contribution in [0.4, 0.5) is 0 Å². The molecule has 2 heterocycles. The zero-order valence-electron chi connectivity index (χ0n) is 31.7. The highest BCUT2D eigenvalue weighted by Crippen LogP contribution is 2.44. The second-order valence-corrected chi connectivity index (χ2v) is 18.5. The van der Waals surface area contributed by atoms with Crippen LogP contribution in [0.5, 0.6) is 0 Å². The van der Waals surface area contributed by atoms with Gasteiger partial charge in [-0.15, -0.1) is 0 Å². The summed E-state index contributed by atoms with van der Waals surface area (Å²) in [5.41, 5.74) is 1.72. The fraction of sp³-hybridized carbons (Fsp3) is 0.357. The van der Waals surface area contributed by atoms with Gasteiger partial charge in [0.25, 0.3) is 0 Å². The quantitative estimate of drug-likeness (QED) is 0.113. The largest absolute Gasteiger partial charge is 0.481 e. The maximum atomic E-state index is 14.2. The Balaban J connectivity index is 1.36. The maximum absolute atomic E-state index is 14.2. The van der Waals surface area contributed by atoms with Gasteiger partial charge in [0.15, 0.2) is 11.6 Å². The minimum absolute atomic E-state index is 0.00221. The third kappa shape index (κ3) is 6.42. The van der Waals surface area contributed by atoms with Crippen LogP contribution in [-0.4, -0.2) is 56.5 Å². The number of aromatic nitrogens is 2. The molecule has 56 heavy (non-hydrogen) atoms. The summed E-state index contributed by atoms with van der Waals surface area (Å²) in [6, 6.07) is 13.6. The van der Waals surface area contributed by atoms with Crippen LogP contribution in [0, 0.1) is 22.7 Å². The van der Waals surface area contributed by atoms with E-state index in [4.69, 9.17) is 0 Å². The van der Waals surface area contributed by atoms with E-state index in [0.717, 1.165) is 19.1 Å². The number of fused-ring (bicyclic) bond motifs is 6. The number of nitrogens with zero attached hydrogens (tertiary/aromatic N) is 2. The summed E-state index contributed by atoms with van der Waals surface area (Å²) >= 11 is 0. The molecule has 0 unspecified atom stereocenters. The van der Waals surface area contributed by atoms with Crippen molar-refractivity contribution in [2.24, 2.45) is 22.7 Å². The van der Waals surface area contributed by atoms with Crippen molar-refractivity contribution >= 4 is 83.2 Å². The van der Waals surface area contributed by atoms with Crippen LogP contribution in [0.15, 0.2) is 71.8 Å². The van der Waals surface area contributed by atoms with E-state index in [9.17, 15) is 45.4 Å². The number of carbonyl (C=O) groups excluding carboxylic acids is 2. The van der Waals surface area contributed by atoms with Crippen molar-refractivity contribution in [1.29, 1.82) is 0 Å². The van der Waals surface area contributed by atoms with E-state index in [1.54, 1.807) is 72.8 Å². The SMILES string of the molecule is CCC1=c2c(n(S(=O)(=O)O)c3ccccc23)=CC(C)(C)/C1=C/C1C(=O)C(/C=C2/C(CCCCCC(=O)O)=c3c(n(S(=O)(=O)O)c4ccccc34)=CC2(C)C)C1=O. The molecule has 0 atom stereocenters. The number of hydrogen-bond donors (Lipinski definition) is 3. The van der Waals surface area contributed by atoms with Gasteiger partial charge in [-0.25, -0.2) is 7.94 Å². The van der Waals surface area contributed by atoms with Gasteiger partial charge in [-0.3, -0.25) is 23.5 Å². The van der Waals surface area contributed by atoms with Crippen molar-refractivity contribution in [3.63, 3.8) is 0 Å². The monoisotopic (exact) mass is 800 g/mol. The molecule has 0 aliphatic heterocycles. The Bertz CT molecular complexity index is 2940. The minimum Gasteiger partial charge on any atom is -0.481 e. The summed E-state index contributed by atoms with van der Waals surface area (Å²) < 4.78 is 73.4. The normalized spacial score (nSPS) is 21.9. The molecule has 3 aliphatic rings. The van der Waals surface area contributed by atoms with Gasteiger partial charge in [0.2, 0.25) is 0 Å². The average Bonchev–Trinajstić information content (AvgIpc) is 3.60. The second-order valence-electron chi connectivity index (χ2n) is 16.0. The molecule has 12 nitrogen and oxygen atoms in total. The van der Waals surface area contributed by atoms with Crippen molar-refractivity contribution in [3.05, 3.63) is 93.0 Å². The van der Waals surface area contributed by atoms with Crippen LogP contribution in [-0.2, 0) is 35.0 Å². The predicted molar refractivity (Wildman–Crippen MR) is 214 cm³/mol. The molecule has 294 valence electrons. The molecule has 2 aromatic heterocycles. The smallest absolute Gasteiger partial charge is 0.364 e. The van der Waals surface area contributed by atoms with Crippen LogP contribution in [0.25, 0.3) is 45.1 Å². The van der Waals surface area contributed by atoms with Gasteiger partial charge in [-0.1, -0.05) is 89.6 Å². The van der Waals surface area contributed by atoms with Crippen LogP contribution in [0.2, 0.25) is 0 Å². The number of carboxylic acid groups (broad SMARTS) is 1. The highest BCUT2D eigenvalue weighted by atomic mass is 32.2. The van der Waals surface area contributed by atoms with E-state index in [-0.39, 0.29) is 28.9 Å². The van der Waals surface area contributed by atoms with E-state index >= 15 is 0 Å². The maximum Gasteiger partial charge on any atom is 0.364 e. The summed E-state index contributed by atoms with van der Waals surface area (Å²) in [4.78, 5) is 39.5. The summed E-state index contributed by atoms with van der Waals surface area (Å²) in [6.45, 7) is 9.37. The number of carboxylic acids is 1. The van der Waals surface area contributed by atoms with Gasteiger partial charge < -0.3 is 5.11 Å². The third-order valence-corrected chi connectivity index (χ3v) is 13.1. The Morgan fingerprint density at radius 2 is 1.12 bits per heavy atom. The summed E-state index contributed by atoms with van der Waals surface area (Å²) in [5.74, 6) is -3.68. The average molecular weight is 801 g/mol. The van der Waals surface area contributed by atoms with E-state index in [1.807, 2.05) is 34.6 Å². The van der Waals surface area contributed by atoms with Gasteiger partial charge in [0, 0.05) is 38.5 Å². The summed E-state index contributed by atoms with van der Waals surface area (Å²) in [7, 11) is -9.42. The summed E-state index contributed by atoms with van der Waals surface area (Å²) in [6.07, 6.45) is 9.27. The number of hydrogen-bond acceptors (Lipinski definition) is 7. The second kappa shape index (κ2) is 13.6. The molecular weight excluding hydrogens is 757 g/mol. The number of Topliss-reactive ketones (excluding diaryl/α,β-unsaturated/α-hetero) is 2. The zero-order chi connectivity index (χ0) is 40.7. The molecule has 0 radical (unpaired) electrons. The van der Waals surface area contributed by atoms with Crippen molar-refractivity contribution in [2.45, 2.75) is 73.1 Å². The van der Waals surface area contributed by atoms with Gasteiger partial charge in [0.1, 0.15) is 0 Å². The molecule has 0 saturated heterocycles. The highest BCUT2D eigenvalue weighted by Gasteiger charge is 2.48. The molecule has 2 aromatic carbocycles. The number of para-hydroxylation sites is 2. The predicted octanol–water partition coefficient (Wildman–Crippen LogP) is 4.22. The Morgan fingerprint density at radius 1 is 0.696 bits per heavy atom. The molecule has 1 fully saturated rings. The summed E-state index contributed by atoms with van der Waals surface area (Å²) in [5, 5.41) is 12.1. The van der Waals surface area contributed by atoms with Crippen molar-refractivity contribution in [3.8, 4) is 0 Å². The highest BCUT2D eigenvalue weighted by molar-refractivity contribution is 7.84. The fourth-order valence-corrected chi connectivity index (χ4v) is 10.6. The lowest BCUT2D eigenvalue weighted by Gasteiger charge is -2.36. The molecule has 14 heteroatoms. The van der Waals surface area contributed by atoms with Gasteiger partial charge in [-0.05, 0) is 72.3 Å². The van der Waals surface area contributed by atoms with Gasteiger partial charge in [0.05, 0.1) is 33.6 Å². The topological polar surface area (TPSA) is 190 Å². The molecule has 4 aromatic rings. The lowest BCUT2D eigenvalue weighted by atomic mass is 9.65. The number of carbonyl (C=O) groups is 3. The van der Waals surface area contributed by atoms with Crippen LogP contribution in [0.1, 0.15) is 73.1 Å². The molecule has 3 aliphatic carbocycles. The lowest BCUT2D eigenvalue weighted by Crippen LogP contribution is -2.48. The van der Waals surface area contributed by atoms with Crippen LogP contribution < -0.4 is 21.1 Å². The number of aliphatic carboxylic acids is 1. The number of rotatable bonds is 11. The first-order valence-corrected chi connectivity index (χ1v) is 21.4. The first kappa shape index (κ1) is 39.3. The van der Waals surface area contributed by atoms with E-state index in [0.29, 0.717) is 75.3 Å². The Hall–Kier alpha value is -4.89. The lowest BCUT2D eigenvalue weighted by molar-refractivity contribution is -0.146. The van der Waals surface area contributed by atoms with E-state index < -0.39 is 49.2 Å². The standard InChI is InChI=1S/C42H44N2O10S2/c1-6-24-30(41(2,3)22-34-37(24)26-15-10-12-17-32(26)43(34)55(49,50)51)20-28-39(47)29(40(28)48)21-31-25(14-8-7-9-19-36(45)46)38-27-16-11-13-18-33(27)44(56(52,53)54)35(38)23-42(31,4)5/h10-13,15-18,20-23,28-29H,6-9,14,19H2,1-5H3,(H,45,46)(H,49,50,51)(H,52,53,54)/b30-20+,31-21-. The third-order valence-electron chi connectivity index (χ3n) is 11.4.